The maximum Gasteiger partial charge on any atom is 0.334 e. The highest BCUT2D eigenvalue weighted by molar-refractivity contribution is 5.61. The Morgan fingerprint density at radius 3 is 2.58 bits per heavy atom. The van der Waals surface area contributed by atoms with Gasteiger partial charge in [-0.25, -0.2) is 4.68 Å². The molecular weight excluding hydrogens is 312 g/mol. The Morgan fingerprint density at radius 1 is 1.33 bits per heavy atom. The van der Waals surface area contributed by atoms with Gasteiger partial charge in [-0.05, 0) is 13.3 Å². The van der Waals surface area contributed by atoms with Gasteiger partial charge in [-0.3, -0.25) is 15.0 Å². The van der Waals surface area contributed by atoms with Crippen LogP contribution in [0, 0.1) is 17.0 Å². The van der Waals surface area contributed by atoms with E-state index in [9.17, 15) is 10.1 Å². The van der Waals surface area contributed by atoms with Gasteiger partial charge < -0.3 is 9.42 Å². The minimum Gasteiger partial charge on any atom is -0.361 e. The fraction of sp³-hybridized carbons (Fsp3) is 0.600. The standard InChI is InChI=1S/C15H22N6O3/c1-4-13-14(21(22)23)15(18(3)16-13)20-7-5-19(6-8-20)10-12-9-11(2)24-17-12/h9H,4-8,10H2,1-3H3. The number of piperazine rings is 1. The second-order valence-corrected chi connectivity index (χ2v) is 6.05. The minimum atomic E-state index is -0.314. The van der Waals surface area contributed by atoms with Crippen LogP contribution in [0.25, 0.3) is 0 Å². The first-order valence-electron chi connectivity index (χ1n) is 8.09. The van der Waals surface area contributed by atoms with Crippen LogP contribution in [0.1, 0.15) is 24.1 Å². The number of anilines is 1. The average molecular weight is 334 g/mol. The van der Waals surface area contributed by atoms with E-state index in [1.165, 1.54) is 0 Å². The predicted octanol–water partition coefficient (Wildman–Crippen LogP) is 1.51. The fourth-order valence-electron chi connectivity index (χ4n) is 3.18. The Balaban J connectivity index is 1.70. The quantitative estimate of drug-likeness (QED) is 0.604. The summed E-state index contributed by atoms with van der Waals surface area (Å²) in [6.07, 6.45) is 0.551. The van der Waals surface area contributed by atoms with E-state index >= 15 is 0 Å². The van der Waals surface area contributed by atoms with Crippen molar-refractivity contribution in [1.82, 2.24) is 19.8 Å². The second-order valence-electron chi connectivity index (χ2n) is 6.05. The molecule has 0 aromatic carbocycles. The number of aromatic nitrogens is 3. The van der Waals surface area contributed by atoms with Gasteiger partial charge in [-0.2, -0.15) is 5.10 Å². The molecule has 0 bridgehead atoms. The van der Waals surface area contributed by atoms with Crippen molar-refractivity contribution in [2.24, 2.45) is 7.05 Å². The topological polar surface area (TPSA) is 93.5 Å². The lowest BCUT2D eigenvalue weighted by Gasteiger charge is -2.34. The summed E-state index contributed by atoms with van der Waals surface area (Å²) < 4.78 is 6.73. The number of nitrogens with zero attached hydrogens (tertiary/aromatic N) is 6. The van der Waals surface area contributed by atoms with E-state index in [-0.39, 0.29) is 10.6 Å². The van der Waals surface area contributed by atoms with Crippen molar-refractivity contribution < 1.29 is 9.45 Å². The van der Waals surface area contributed by atoms with Crippen LogP contribution in [-0.4, -0.2) is 50.9 Å². The monoisotopic (exact) mass is 334 g/mol. The van der Waals surface area contributed by atoms with E-state index < -0.39 is 0 Å². The first-order valence-corrected chi connectivity index (χ1v) is 8.09. The Morgan fingerprint density at radius 2 is 2.04 bits per heavy atom. The van der Waals surface area contributed by atoms with Crippen molar-refractivity contribution in [2.75, 3.05) is 31.1 Å². The number of nitro groups is 1. The molecule has 130 valence electrons. The molecule has 1 saturated heterocycles. The van der Waals surface area contributed by atoms with Crippen LogP contribution in [-0.2, 0) is 20.0 Å². The van der Waals surface area contributed by atoms with Crippen molar-refractivity contribution >= 4 is 11.5 Å². The van der Waals surface area contributed by atoms with Gasteiger partial charge in [0.05, 0.1) is 10.6 Å². The van der Waals surface area contributed by atoms with E-state index in [1.54, 1.807) is 11.7 Å². The van der Waals surface area contributed by atoms with Crippen molar-refractivity contribution in [1.29, 1.82) is 0 Å². The molecule has 0 N–H and O–H groups in total. The molecule has 0 atom stereocenters. The van der Waals surface area contributed by atoms with Gasteiger partial charge in [-0.1, -0.05) is 12.1 Å². The molecule has 0 radical (unpaired) electrons. The zero-order valence-electron chi connectivity index (χ0n) is 14.2. The van der Waals surface area contributed by atoms with Gasteiger partial charge in [0.15, 0.2) is 0 Å². The molecule has 9 heteroatoms. The molecular formula is C15H22N6O3. The maximum atomic E-state index is 11.5. The van der Waals surface area contributed by atoms with Crippen LogP contribution in [0.2, 0.25) is 0 Å². The van der Waals surface area contributed by atoms with Crippen LogP contribution in [0.15, 0.2) is 10.6 Å². The van der Waals surface area contributed by atoms with Crippen LogP contribution >= 0.6 is 0 Å². The molecule has 0 amide bonds. The number of hydrogen-bond donors (Lipinski definition) is 0. The highest BCUT2D eigenvalue weighted by atomic mass is 16.6. The first kappa shape index (κ1) is 16.4. The predicted molar refractivity (Wildman–Crippen MR) is 88.0 cm³/mol. The summed E-state index contributed by atoms with van der Waals surface area (Å²) in [6, 6.07) is 1.94. The minimum absolute atomic E-state index is 0.139. The molecule has 2 aromatic rings. The summed E-state index contributed by atoms with van der Waals surface area (Å²) in [4.78, 5) is 15.5. The lowest BCUT2D eigenvalue weighted by atomic mass is 10.2. The molecule has 3 rings (SSSR count). The van der Waals surface area contributed by atoms with Gasteiger partial charge in [0.1, 0.15) is 11.5 Å². The van der Waals surface area contributed by atoms with E-state index in [0.717, 1.165) is 44.2 Å². The molecule has 9 nitrogen and oxygen atoms in total. The lowest BCUT2D eigenvalue weighted by molar-refractivity contribution is -0.384. The SMILES string of the molecule is CCc1nn(C)c(N2CCN(Cc3cc(C)on3)CC2)c1[N+](=O)[O-]. The Kier molecular flexibility index (Phi) is 4.52. The molecule has 1 aliphatic rings. The van der Waals surface area contributed by atoms with Crippen LogP contribution in [0.5, 0.6) is 0 Å². The molecule has 0 aliphatic carbocycles. The second kappa shape index (κ2) is 6.60. The van der Waals surface area contributed by atoms with Gasteiger partial charge in [0, 0.05) is 45.8 Å². The summed E-state index contributed by atoms with van der Waals surface area (Å²) in [5.41, 5.74) is 1.60. The zero-order valence-corrected chi connectivity index (χ0v) is 14.2. The third-order valence-electron chi connectivity index (χ3n) is 4.31. The summed E-state index contributed by atoms with van der Waals surface area (Å²) in [6.45, 7) is 7.57. The molecule has 0 spiro atoms. The van der Waals surface area contributed by atoms with E-state index in [4.69, 9.17) is 4.52 Å². The highest BCUT2D eigenvalue weighted by Crippen LogP contribution is 2.32. The zero-order chi connectivity index (χ0) is 17.3. The highest BCUT2D eigenvalue weighted by Gasteiger charge is 2.31. The Hall–Kier alpha value is -2.42. The fourth-order valence-corrected chi connectivity index (χ4v) is 3.18. The van der Waals surface area contributed by atoms with Crippen LogP contribution in [0.4, 0.5) is 11.5 Å². The first-order chi connectivity index (χ1) is 11.5. The van der Waals surface area contributed by atoms with E-state index in [2.05, 4.69) is 20.1 Å². The summed E-state index contributed by atoms with van der Waals surface area (Å²) in [7, 11) is 1.77. The molecule has 1 fully saturated rings. The van der Waals surface area contributed by atoms with Gasteiger partial charge >= 0.3 is 5.69 Å². The van der Waals surface area contributed by atoms with Gasteiger partial charge in [-0.15, -0.1) is 0 Å². The molecule has 0 unspecified atom stereocenters. The molecule has 24 heavy (non-hydrogen) atoms. The number of aryl methyl sites for hydroxylation is 3. The number of rotatable bonds is 5. The van der Waals surface area contributed by atoms with Gasteiger partial charge in [0.2, 0.25) is 5.82 Å². The third-order valence-corrected chi connectivity index (χ3v) is 4.31. The number of hydrogen-bond acceptors (Lipinski definition) is 7. The van der Waals surface area contributed by atoms with Crippen molar-refractivity contribution in [3.8, 4) is 0 Å². The lowest BCUT2D eigenvalue weighted by Crippen LogP contribution is -2.46. The van der Waals surface area contributed by atoms with Crippen LogP contribution in [0.3, 0.4) is 0 Å². The normalized spacial score (nSPS) is 15.9. The molecule has 0 saturated carbocycles. The molecule has 2 aromatic heterocycles. The largest absolute Gasteiger partial charge is 0.361 e. The van der Waals surface area contributed by atoms with Crippen LogP contribution < -0.4 is 4.90 Å². The maximum absolute atomic E-state index is 11.5. The van der Waals surface area contributed by atoms with Crippen molar-refractivity contribution in [3.05, 3.63) is 33.3 Å². The third kappa shape index (κ3) is 3.12. The summed E-state index contributed by atoms with van der Waals surface area (Å²) >= 11 is 0. The van der Waals surface area contributed by atoms with E-state index in [1.807, 2.05) is 19.9 Å². The van der Waals surface area contributed by atoms with Crippen molar-refractivity contribution in [3.63, 3.8) is 0 Å². The van der Waals surface area contributed by atoms with Crippen molar-refractivity contribution in [2.45, 2.75) is 26.8 Å². The van der Waals surface area contributed by atoms with Gasteiger partial charge in [0.25, 0.3) is 0 Å². The summed E-state index contributed by atoms with van der Waals surface area (Å²) in [5.74, 6) is 1.41. The molecule has 1 aliphatic heterocycles. The average Bonchev–Trinajstić information content (AvgIpc) is 3.11. The summed E-state index contributed by atoms with van der Waals surface area (Å²) in [5, 5.41) is 19.8. The van der Waals surface area contributed by atoms with E-state index in [0.29, 0.717) is 17.9 Å². The smallest absolute Gasteiger partial charge is 0.334 e. The Bertz CT molecular complexity index is 730. The molecule has 3 heterocycles. The Labute approximate surface area is 140 Å².